The number of anilines is 1. The van der Waals surface area contributed by atoms with E-state index in [0.717, 1.165) is 22.7 Å². The Kier molecular flexibility index (Phi) is 9.37. The zero-order valence-electron chi connectivity index (χ0n) is 18.1. The smallest absolute Gasteiger partial charge is 0.244 e. The van der Waals surface area contributed by atoms with Crippen molar-refractivity contribution in [1.82, 2.24) is 10.2 Å². The van der Waals surface area contributed by atoms with Crippen LogP contribution in [-0.2, 0) is 26.2 Å². The summed E-state index contributed by atoms with van der Waals surface area (Å²) in [6.45, 7) is 2.95. The molecule has 1 atom stereocenters. The highest BCUT2D eigenvalue weighted by Crippen LogP contribution is 2.26. The Morgan fingerprint density at radius 2 is 1.73 bits per heavy atom. The van der Waals surface area contributed by atoms with Gasteiger partial charge in [0, 0.05) is 13.1 Å². The third-order valence-electron chi connectivity index (χ3n) is 4.73. The monoisotopic (exact) mass is 537 g/mol. The minimum Gasteiger partial charge on any atom is -0.355 e. The summed E-state index contributed by atoms with van der Waals surface area (Å²) >= 11 is 17.8. The van der Waals surface area contributed by atoms with Crippen molar-refractivity contribution in [3.8, 4) is 0 Å². The van der Waals surface area contributed by atoms with E-state index in [-0.39, 0.29) is 22.3 Å². The van der Waals surface area contributed by atoms with Gasteiger partial charge >= 0.3 is 0 Å². The van der Waals surface area contributed by atoms with Gasteiger partial charge in [-0.15, -0.1) is 0 Å². The van der Waals surface area contributed by atoms with E-state index in [1.807, 2.05) is 0 Å². The van der Waals surface area contributed by atoms with Gasteiger partial charge in [-0.1, -0.05) is 40.9 Å². The Morgan fingerprint density at radius 3 is 2.27 bits per heavy atom. The van der Waals surface area contributed by atoms with Gasteiger partial charge in [-0.05, 0) is 49.7 Å². The molecule has 2 aromatic carbocycles. The average Bonchev–Trinajstić information content (AvgIpc) is 2.73. The summed E-state index contributed by atoms with van der Waals surface area (Å²) in [5, 5.41) is 2.95. The summed E-state index contributed by atoms with van der Waals surface area (Å²) in [6.07, 6.45) is 0.911. The van der Waals surface area contributed by atoms with E-state index < -0.39 is 40.2 Å². The predicted molar refractivity (Wildman–Crippen MR) is 129 cm³/mol. The number of likely N-dealkylation sites (N-methyl/N-ethyl adjacent to an activating group) is 1. The van der Waals surface area contributed by atoms with E-state index in [0.29, 0.717) is 17.1 Å². The lowest BCUT2D eigenvalue weighted by atomic mass is 10.1. The molecule has 1 N–H and O–H groups in total. The summed E-state index contributed by atoms with van der Waals surface area (Å²) in [4.78, 5) is 27.0. The van der Waals surface area contributed by atoms with Gasteiger partial charge in [-0.3, -0.25) is 13.9 Å². The van der Waals surface area contributed by atoms with Gasteiger partial charge < -0.3 is 10.2 Å². The molecule has 180 valence electrons. The Labute approximate surface area is 207 Å². The Morgan fingerprint density at radius 1 is 1.06 bits per heavy atom. The number of hydrogen-bond donors (Lipinski definition) is 1. The lowest BCUT2D eigenvalue weighted by Gasteiger charge is -2.31. The highest BCUT2D eigenvalue weighted by molar-refractivity contribution is 7.92. The van der Waals surface area contributed by atoms with Crippen LogP contribution in [-0.4, -0.2) is 50.5 Å². The van der Waals surface area contributed by atoms with E-state index in [2.05, 4.69) is 5.32 Å². The van der Waals surface area contributed by atoms with Crippen LogP contribution in [0.1, 0.15) is 19.4 Å². The maximum Gasteiger partial charge on any atom is 0.244 e. The second-order valence-corrected chi connectivity index (χ2v) is 10.3. The first-order valence-corrected chi connectivity index (χ1v) is 12.8. The van der Waals surface area contributed by atoms with Gasteiger partial charge in [-0.25, -0.2) is 12.8 Å². The van der Waals surface area contributed by atoms with Crippen LogP contribution in [0.3, 0.4) is 0 Å². The fourth-order valence-electron chi connectivity index (χ4n) is 2.99. The first-order valence-electron chi connectivity index (χ1n) is 9.79. The molecule has 33 heavy (non-hydrogen) atoms. The number of rotatable bonds is 9. The second kappa shape index (κ2) is 11.4. The lowest BCUT2D eigenvalue weighted by Crippen LogP contribution is -2.51. The molecule has 2 amide bonds. The van der Waals surface area contributed by atoms with Crippen molar-refractivity contribution >= 4 is 62.3 Å². The standard InChI is InChI=1S/C21H23Cl3FN3O4S/c1-4-26-21(30)13(2)27(11-14-5-7-16(22)17(23)9-14)20(29)12-28(33(3,31)32)15-6-8-19(25)18(24)10-15/h5-10,13H,4,11-12H2,1-3H3,(H,26,30). The molecule has 0 saturated carbocycles. The number of nitrogens with zero attached hydrogens (tertiary/aromatic N) is 2. The minimum absolute atomic E-state index is 0.0115. The van der Waals surface area contributed by atoms with Gasteiger partial charge in [0.1, 0.15) is 18.4 Å². The lowest BCUT2D eigenvalue weighted by molar-refractivity contribution is -0.139. The van der Waals surface area contributed by atoms with Crippen molar-refractivity contribution in [3.63, 3.8) is 0 Å². The Hall–Kier alpha value is -2.07. The van der Waals surface area contributed by atoms with E-state index in [9.17, 15) is 22.4 Å². The minimum atomic E-state index is -3.95. The molecular formula is C21H23Cl3FN3O4S. The number of carbonyl (C=O) groups is 2. The van der Waals surface area contributed by atoms with Crippen LogP contribution < -0.4 is 9.62 Å². The number of hydrogen-bond acceptors (Lipinski definition) is 4. The Balaban J connectivity index is 2.42. The van der Waals surface area contributed by atoms with Crippen LogP contribution in [0.25, 0.3) is 0 Å². The molecule has 0 aliphatic rings. The molecule has 0 fully saturated rings. The average molecular weight is 539 g/mol. The molecule has 1 unspecified atom stereocenters. The summed E-state index contributed by atoms with van der Waals surface area (Å²) in [6, 6.07) is 7.15. The van der Waals surface area contributed by atoms with Crippen molar-refractivity contribution in [3.05, 3.63) is 62.8 Å². The first-order chi connectivity index (χ1) is 15.3. The van der Waals surface area contributed by atoms with Crippen LogP contribution in [0.2, 0.25) is 15.1 Å². The van der Waals surface area contributed by atoms with E-state index in [1.54, 1.807) is 25.1 Å². The topological polar surface area (TPSA) is 86.8 Å². The largest absolute Gasteiger partial charge is 0.355 e. The maximum absolute atomic E-state index is 13.6. The molecule has 0 bridgehead atoms. The maximum atomic E-state index is 13.6. The highest BCUT2D eigenvalue weighted by Gasteiger charge is 2.30. The number of nitrogens with one attached hydrogen (secondary N) is 1. The van der Waals surface area contributed by atoms with Crippen LogP contribution in [0.5, 0.6) is 0 Å². The normalized spacial score (nSPS) is 12.2. The number of halogens is 4. The van der Waals surface area contributed by atoms with Gasteiger partial charge in [-0.2, -0.15) is 0 Å². The summed E-state index contributed by atoms with van der Waals surface area (Å²) in [5.74, 6) is -1.81. The molecule has 0 aliphatic carbocycles. The molecule has 0 spiro atoms. The van der Waals surface area contributed by atoms with E-state index >= 15 is 0 Å². The number of carbonyl (C=O) groups excluding carboxylic acids is 2. The summed E-state index contributed by atoms with van der Waals surface area (Å²) in [5.41, 5.74) is 0.599. The Bertz CT molecular complexity index is 1150. The van der Waals surface area contributed by atoms with Crippen LogP contribution in [0, 0.1) is 5.82 Å². The second-order valence-electron chi connectivity index (χ2n) is 7.21. The molecule has 2 rings (SSSR count). The molecule has 2 aromatic rings. The van der Waals surface area contributed by atoms with Gasteiger partial charge in [0.05, 0.1) is 27.0 Å². The van der Waals surface area contributed by atoms with E-state index in [1.165, 1.54) is 17.9 Å². The third-order valence-corrected chi connectivity index (χ3v) is 6.89. The SMILES string of the molecule is CCNC(=O)C(C)N(Cc1ccc(Cl)c(Cl)c1)C(=O)CN(c1ccc(F)c(Cl)c1)S(C)(=O)=O. The zero-order chi connectivity index (χ0) is 24.9. The summed E-state index contributed by atoms with van der Waals surface area (Å²) < 4.78 is 39.3. The number of sulfonamides is 1. The van der Waals surface area contributed by atoms with Crippen molar-refractivity contribution in [2.24, 2.45) is 0 Å². The fraction of sp³-hybridized carbons (Fsp3) is 0.333. The molecule has 0 heterocycles. The highest BCUT2D eigenvalue weighted by atomic mass is 35.5. The van der Waals surface area contributed by atoms with Crippen LogP contribution in [0.4, 0.5) is 10.1 Å². The van der Waals surface area contributed by atoms with Crippen LogP contribution in [0.15, 0.2) is 36.4 Å². The zero-order valence-corrected chi connectivity index (χ0v) is 21.2. The molecule has 0 aliphatic heterocycles. The van der Waals surface area contributed by atoms with E-state index in [4.69, 9.17) is 34.8 Å². The molecule has 0 saturated heterocycles. The molecule has 0 radical (unpaired) electrons. The van der Waals surface area contributed by atoms with Gasteiger partial charge in [0.25, 0.3) is 0 Å². The van der Waals surface area contributed by atoms with Crippen LogP contribution >= 0.6 is 34.8 Å². The molecule has 0 aromatic heterocycles. The van der Waals surface area contributed by atoms with Crippen molar-refractivity contribution in [2.75, 3.05) is 23.7 Å². The summed E-state index contributed by atoms with van der Waals surface area (Å²) in [7, 11) is -3.95. The van der Waals surface area contributed by atoms with Gasteiger partial charge in [0.15, 0.2) is 0 Å². The number of benzene rings is 2. The van der Waals surface area contributed by atoms with Crippen molar-refractivity contribution in [2.45, 2.75) is 26.4 Å². The first kappa shape index (κ1) is 27.2. The number of amides is 2. The van der Waals surface area contributed by atoms with Crippen molar-refractivity contribution < 1.29 is 22.4 Å². The quantitative estimate of drug-likeness (QED) is 0.521. The molecule has 7 nitrogen and oxygen atoms in total. The molecule has 12 heteroatoms. The molecular weight excluding hydrogens is 516 g/mol. The predicted octanol–water partition coefficient (Wildman–Crippen LogP) is 4.11. The fourth-order valence-corrected chi connectivity index (χ4v) is 4.33. The third kappa shape index (κ3) is 7.20. The van der Waals surface area contributed by atoms with Crippen molar-refractivity contribution in [1.29, 1.82) is 0 Å². The van der Waals surface area contributed by atoms with Gasteiger partial charge in [0.2, 0.25) is 21.8 Å².